The average Bonchev–Trinajstić information content (AvgIpc) is 2.38. The van der Waals surface area contributed by atoms with E-state index in [0.717, 1.165) is 11.1 Å². The van der Waals surface area contributed by atoms with Crippen LogP contribution in [-0.4, -0.2) is 35.1 Å². The standard InChI is InChI=1S/C16H23NO2/c1-13(2)17(11-6-12-18)16(19)10-9-15-8-5-4-7-14(15)3/h4-5,7-10,13,18H,6,11-12H2,1-3H3/b10-9+. The summed E-state index contributed by atoms with van der Waals surface area (Å²) >= 11 is 0. The minimum atomic E-state index is -0.00768. The fourth-order valence-corrected chi connectivity index (χ4v) is 1.89. The first-order valence-electron chi connectivity index (χ1n) is 6.71. The van der Waals surface area contributed by atoms with Crippen molar-refractivity contribution in [3.05, 3.63) is 41.5 Å². The third-order valence-corrected chi connectivity index (χ3v) is 3.06. The van der Waals surface area contributed by atoms with Crippen molar-refractivity contribution in [2.75, 3.05) is 13.2 Å². The summed E-state index contributed by atoms with van der Waals surface area (Å²) in [6, 6.07) is 8.10. The number of rotatable bonds is 6. The Morgan fingerprint density at radius 2 is 2.05 bits per heavy atom. The Bertz CT molecular complexity index is 438. The van der Waals surface area contributed by atoms with E-state index in [1.54, 1.807) is 11.0 Å². The van der Waals surface area contributed by atoms with Gasteiger partial charge in [-0.1, -0.05) is 24.3 Å². The van der Waals surface area contributed by atoms with Gasteiger partial charge in [0, 0.05) is 25.3 Å². The van der Waals surface area contributed by atoms with Gasteiger partial charge in [-0.05, 0) is 44.4 Å². The van der Waals surface area contributed by atoms with Gasteiger partial charge in [0.15, 0.2) is 0 Å². The number of carbonyl (C=O) groups is 1. The summed E-state index contributed by atoms with van der Waals surface area (Å²) in [4.78, 5) is 13.9. The lowest BCUT2D eigenvalue weighted by Gasteiger charge is -2.25. The molecule has 0 heterocycles. The molecule has 3 heteroatoms. The van der Waals surface area contributed by atoms with E-state index in [1.165, 1.54) is 0 Å². The zero-order valence-electron chi connectivity index (χ0n) is 12.0. The lowest BCUT2D eigenvalue weighted by atomic mass is 10.1. The van der Waals surface area contributed by atoms with Crippen LogP contribution in [0.25, 0.3) is 6.08 Å². The zero-order valence-corrected chi connectivity index (χ0v) is 12.0. The topological polar surface area (TPSA) is 40.5 Å². The molecule has 0 saturated heterocycles. The summed E-state index contributed by atoms with van der Waals surface area (Å²) in [6.45, 7) is 6.69. The summed E-state index contributed by atoms with van der Waals surface area (Å²) in [6.07, 6.45) is 4.08. The Kier molecular flexibility index (Phi) is 6.30. The molecule has 3 nitrogen and oxygen atoms in total. The molecule has 104 valence electrons. The van der Waals surface area contributed by atoms with E-state index in [4.69, 9.17) is 5.11 Å². The highest BCUT2D eigenvalue weighted by atomic mass is 16.3. The van der Waals surface area contributed by atoms with Crippen LogP contribution in [0.3, 0.4) is 0 Å². The summed E-state index contributed by atoms with van der Waals surface area (Å²) in [5.74, 6) is -0.00768. The Labute approximate surface area is 115 Å². The van der Waals surface area contributed by atoms with Crippen LogP contribution >= 0.6 is 0 Å². The first-order chi connectivity index (χ1) is 9.06. The highest BCUT2D eigenvalue weighted by Crippen LogP contribution is 2.10. The van der Waals surface area contributed by atoms with E-state index in [1.807, 2.05) is 51.1 Å². The fraction of sp³-hybridized carbons (Fsp3) is 0.438. The average molecular weight is 261 g/mol. The summed E-state index contributed by atoms with van der Waals surface area (Å²) < 4.78 is 0. The van der Waals surface area contributed by atoms with Crippen LogP contribution in [-0.2, 0) is 4.79 Å². The van der Waals surface area contributed by atoms with Gasteiger partial charge in [-0.15, -0.1) is 0 Å². The summed E-state index contributed by atoms with van der Waals surface area (Å²) in [5, 5.41) is 8.87. The van der Waals surface area contributed by atoms with Crippen LogP contribution in [0.2, 0.25) is 0 Å². The molecule has 1 amide bonds. The van der Waals surface area contributed by atoms with Gasteiger partial charge in [0.2, 0.25) is 5.91 Å². The lowest BCUT2D eigenvalue weighted by molar-refractivity contribution is -0.127. The number of aliphatic hydroxyl groups excluding tert-OH is 1. The van der Waals surface area contributed by atoms with Crippen LogP contribution in [0.4, 0.5) is 0 Å². The summed E-state index contributed by atoms with van der Waals surface area (Å²) in [7, 11) is 0. The van der Waals surface area contributed by atoms with Gasteiger partial charge in [0.1, 0.15) is 0 Å². The van der Waals surface area contributed by atoms with Crippen molar-refractivity contribution in [3.8, 4) is 0 Å². The molecule has 1 rings (SSSR count). The van der Waals surface area contributed by atoms with Gasteiger partial charge in [0.25, 0.3) is 0 Å². The third kappa shape index (κ3) is 4.87. The molecule has 0 atom stereocenters. The molecule has 0 aliphatic heterocycles. The Morgan fingerprint density at radius 3 is 2.63 bits per heavy atom. The molecule has 19 heavy (non-hydrogen) atoms. The van der Waals surface area contributed by atoms with Crippen LogP contribution in [0, 0.1) is 6.92 Å². The van der Waals surface area contributed by atoms with E-state index in [-0.39, 0.29) is 18.6 Å². The molecule has 1 N–H and O–H groups in total. The predicted molar refractivity (Wildman–Crippen MR) is 78.8 cm³/mol. The van der Waals surface area contributed by atoms with Gasteiger partial charge in [-0.25, -0.2) is 0 Å². The smallest absolute Gasteiger partial charge is 0.246 e. The van der Waals surface area contributed by atoms with Crippen molar-refractivity contribution in [2.24, 2.45) is 0 Å². The number of benzene rings is 1. The Morgan fingerprint density at radius 1 is 1.37 bits per heavy atom. The Balaban J connectivity index is 2.73. The predicted octanol–water partition coefficient (Wildman–Crippen LogP) is 2.63. The van der Waals surface area contributed by atoms with E-state index in [0.29, 0.717) is 13.0 Å². The number of amides is 1. The van der Waals surface area contributed by atoms with Crippen LogP contribution in [0.1, 0.15) is 31.4 Å². The lowest BCUT2D eigenvalue weighted by Crippen LogP contribution is -2.36. The van der Waals surface area contributed by atoms with Gasteiger partial charge >= 0.3 is 0 Å². The second-order valence-electron chi connectivity index (χ2n) is 4.89. The quantitative estimate of drug-likeness (QED) is 0.800. The molecule has 1 aromatic carbocycles. The first kappa shape index (κ1) is 15.4. The molecule has 1 aromatic rings. The maximum atomic E-state index is 12.1. The highest BCUT2D eigenvalue weighted by Gasteiger charge is 2.13. The summed E-state index contributed by atoms with van der Waals surface area (Å²) in [5.41, 5.74) is 2.21. The zero-order chi connectivity index (χ0) is 14.3. The second kappa shape index (κ2) is 7.74. The highest BCUT2D eigenvalue weighted by molar-refractivity contribution is 5.92. The van der Waals surface area contributed by atoms with Crippen LogP contribution < -0.4 is 0 Å². The van der Waals surface area contributed by atoms with Gasteiger partial charge in [0.05, 0.1) is 0 Å². The molecule has 0 aromatic heterocycles. The molecule has 0 unspecified atom stereocenters. The van der Waals surface area contributed by atoms with Crippen LogP contribution in [0.5, 0.6) is 0 Å². The molecule has 0 fully saturated rings. The van der Waals surface area contributed by atoms with Gasteiger partial charge < -0.3 is 10.0 Å². The molecule has 0 aliphatic carbocycles. The van der Waals surface area contributed by atoms with Crippen molar-refractivity contribution in [1.29, 1.82) is 0 Å². The Hall–Kier alpha value is -1.61. The third-order valence-electron chi connectivity index (χ3n) is 3.06. The molecule has 0 aliphatic rings. The van der Waals surface area contributed by atoms with E-state index in [2.05, 4.69) is 0 Å². The minimum absolute atomic E-state index is 0.00768. The number of hydrogen-bond acceptors (Lipinski definition) is 2. The monoisotopic (exact) mass is 261 g/mol. The van der Waals surface area contributed by atoms with Gasteiger partial charge in [-0.3, -0.25) is 4.79 Å². The van der Waals surface area contributed by atoms with Crippen molar-refractivity contribution in [3.63, 3.8) is 0 Å². The van der Waals surface area contributed by atoms with Crippen molar-refractivity contribution >= 4 is 12.0 Å². The van der Waals surface area contributed by atoms with Crippen molar-refractivity contribution < 1.29 is 9.90 Å². The maximum absolute atomic E-state index is 12.1. The normalized spacial score (nSPS) is 11.2. The number of aryl methyl sites for hydroxylation is 1. The molecule has 0 radical (unpaired) electrons. The number of aliphatic hydroxyl groups is 1. The number of hydrogen-bond donors (Lipinski definition) is 1. The molecule has 0 bridgehead atoms. The second-order valence-corrected chi connectivity index (χ2v) is 4.89. The molecule has 0 saturated carbocycles. The molecular weight excluding hydrogens is 238 g/mol. The molecule has 0 spiro atoms. The van der Waals surface area contributed by atoms with E-state index < -0.39 is 0 Å². The fourth-order valence-electron chi connectivity index (χ4n) is 1.89. The first-order valence-corrected chi connectivity index (χ1v) is 6.71. The SMILES string of the molecule is Cc1ccccc1/C=C/C(=O)N(CCCO)C(C)C. The van der Waals surface area contributed by atoms with E-state index in [9.17, 15) is 4.79 Å². The maximum Gasteiger partial charge on any atom is 0.246 e. The van der Waals surface area contributed by atoms with Crippen LogP contribution in [0.15, 0.2) is 30.3 Å². The number of nitrogens with zero attached hydrogens (tertiary/aromatic N) is 1. The number of carbonyl (C=O) groups excluding carboxylic acids is 1. The minimum Gasteiger partial charge on any atom is -0.396 e. The van der Waals surface area contributed by atoms with Gasteiger partial charge in [-0.2, -0.15) is 0 Å². The van der Waals surface area contributed by atoms with Crippen molar-refractivity contribution in [1.82, 2.24) is 4.90 Å². The largest absolute Gasteiger partial charge is 0.396 e. The van der Waals surface area contributed by atoms with Crippen molar-refractivity contribution in [2.45, 2.75) is 33.2 Å². The molecular formula is C16H23NO2. The van der Waals surface area contributed by atoms with E-state index >= 15 is 0 Å².